The van der Waals surface area contributed by atoms with E-state index in [1.165, 1.54) is 25.9 Å². The van der Waals surface area contributed by atoms with Crippen LogP contribution in [-0.4, -0.2) is 51.2 Å². The number of carbonyl (C=O) groups excluding carboxylic acids is 1. The van der Waals surface area contributed by atoms with Crippen LogP contribution in [0, 0.1) is 5.92 Å². The highest BCUT2D eigenvalue weighted by atomic mass is 16.5. The highest BCUT2D eigenvalue weighted by Gasteiger charge is 2.18. The standard InChI is InChI=1S/C18H28N2O3/c1-14-8-12-20(13-9-14)11-5-10-19-18(21)17-15(22-2)6-4-7-16(17)23-3/h4,6-7,14H,5,8-13H2,1-3H3,(H,19,21). The average Bonchev–Trinajstić information content (AvgIpc) is 2.59. The lowest BCUT2D eigenvalue weighted by Crippen LogP contribution is -2.35. The number of hydrogen-bond donors (Lipinski definition) is 1. The maximum Gasteiger partial charge on any atom is 0.258 e. The SMILES string of the molecule is COc1cccc(OC)c1C(=O)NCCCN1CCC(C)CC1. The number of rotatable bonds is 7. The fourth-order valence-corrected chi connectivity index (χ4v) is 2.95. The van der Waals surface area contributed by atoms with Gasteiger partial charge in [0.25, 0.3) is 5.91 Å². The number of benzene rings is 1. The first-order chi connectivity index (χ1) is 11.2. The molecule has 5 heteroatoms. The molecule has 1 N–H and O–H groups in total. The fourth-order valence-electron chi connectivity index (χ4n) is 2.95. The van der Waals surface area contributed by atoms with Crippen LogP contribution < -0.4 is 14.8 Å². The zero-order valence-electron chi connectivity index (χ0n) is 14.4. The van der Waals surface area contributed by atoms with Crippen molar-refractivity contribution in [3.05, 3.63) is 23.8 Å². The summed E-state index contributed by atoms with van der Waals surface area (Å²) in [5, 5.41) is 2.97. The molecule has 1 aromatic carbocycles. The second-order valence-corrected chi connectivity index (χ2v) is 6.17. The van der Waals surface area contributed by atoms with Crippen molar-refractivity contribution in [1.29, 1.82) is 0 Å². The summed E-state index contributed by atoms with van der Waals surface area (Å²) in [6, 6.07) is 5.35. The molecule has 2 rings (SSSR count). The van der Waals surface area contributed by atoms with Gasteiger partial charge >= 0.3 is 0 Å². The Morgan fingerprint density at radius 1 is 1.22 bits per heavy atom. The Kier molecular flexibility index (Phi) is 6.71. The van der Waals surface area contributed by atoms with Crippen LogP contribution in [0.3, 0.4) is 0 Å². The van der Waals surface area contributed by atoms with Crippen molar-refractivity contribution in [3.63, 3.8) is 0 Å². The maximum atomic E-state index is 12.4. The number of piperidine rings is 1. The first kappa shape index (κ1) is 17.6. The van der Waals surface area contributed by atoms with Crippen LogP contribution in [0.1, 0.15) is 36.5 Å². The molecule has 1 heterocycles. The van der Waals surface area contributed by atoms with E-state index in [0.29, 0.717) is 23.6 Å². The molecule has 1 aliphatic heterocycles. The van der Waals surface area contributed by atoms with Gasteiger partial charge in [-0.05, 0) is 56.9 Å². The molecule has 1 saturated heterocycles. The van der Waals surface area contributed by atoms with Gasteiger partial charge in [-0.25, -0.2) is 0 Å². The summed E-state index contributed by atoms with van der Waals surface area (Å²) in [5.41, 5.74) is 0.462. The molecule has 1 aliphatic rings. The van der Waals surface area contributed by atoms with Crippen molar-refractivity contribution in [3.8, 4) is 11.5 Å². The van der Waals surface area contributed by atoms with Crippen molar-refractivity contribution < 1.29 is 14.3 Å². The number of ether oxygens (including phenoxy) is 2. The average molecular weight is 320 g/mol. The molecule has 0 aromatic heterocycles. The Morgan fingerprint density at radius 3 is 2.39 bits per heavy atom. The zero-order chi connectivity index (χ0) is 16.7. The predicted molar refractivity (Wildman–Crippen MR) is 91.3 cm³/mol. The van der Waals surface area contributed by atoms with Crippen molar-refractivity contribution in [2.45, 2.75) is 26.2 Å². The lowest BCUT2D eigenvalue weighted by atomic mass is 9.99. The highest BCUT2D eigenvalue weighted by Crippen LogP contribution is 2.27. The van der Waals surface area contributed by atoms with E-state index in [1.807, 2.05) is 6.07 Å². The van der Waals surface area contributed by atoms with E-state index in [1.54, 1.807) is 26.4 Å². The van der Waals surface area contributed by atoms with E-state index < -0.39 is 0 Å². The smallest absolute Gasteiger partial charge is 0.258 e. The van der Waals surface area contributed by atoms with Gasteiger partial charge in [-0.2, -0.15) is 0 Å². The summed E-state index contributed by atoms with van der Waals surface area (Å²) in [4.78, 5) is 14.9. The Labute approximate surface area is 139 Å². The fraction of sp³-hybridized carbons (Fsp3) is 0.611. The summed E-state index contributed by atoms with van der Waals surface area (Å²) in [6.45, 7) is 6.37. The van der Waals surface area contributed by atoms with Crippen molar-refractivity contribution in [1.82, 2.24) is 10.2 Å². The topological polar surface area (TPSA) is 50.8 Å². The maximum absolute atomic E-state index is 12.4. The first-order valence-electron chi connectivity index (χ1n) is 8.37. The summed E-state index contributed by atoms with van der Waals surface area (Å²) in [7, 11) is 3.12. The van der Waals surface area contributed by atoms with Gasteiger partial charge in [0.05, 0.1) is 14.2 Å². The minimum atomic E-state index is -0.147. The lowest BCUT2D eigenvalue weighted by molar-refractivity contribution is 0.0944. The molecular weight excluding hydrogens is 292 g/mol. The van der Waals surface area contributed by atoms with Gasteiger partial charge in [-0.1, -0.05) is 13.0 Å². The number of nitrogens with zero attached hydrogens (tertiary/aromatic N) is 1. The second kappa shape index (κ2) is 8.77. The van der Waals surface area contributed by atoms with Crippen LogP contribution >= 0.6 is 0 Å². The third kappa shape index (κ3) is 4.86. The zero-order valence-corrected chi connectivity index (χ0v) is 14.4. The number of nitrogens with one attached hydrogen (secondary N) is 1. The van der Waals surface area contributed by atoms with E-state index in [4.69, 9.17) is 9.47 Å². The van der Waals surface area contributed by atoms with Crippen LogP contribution in [0.25, 0.3) is 0 Å². The quantitative estimate of drug-likeness (QED) is 0.785. The molecule has 23 heavy (non-hydrogen) atoms. The molecule has 0 saturated carbocycles. The highest BCUT2D eigenvalue weighted by molar-refractivity contribution is 5.99. The molecule has 0 aliphatic carbocycles. The minimum absolute atomic E-state index is 0.147. The van der Waals surface area contributed by atoms with Crippen LogP contribution in [0.5, 0.6) is 11.5 Å². The van der Waals surface area contributed by atoms with Crippen molar-refractivity contribution in [2.75, 3.05) is 40.4 Å². The monoisotopic (exact) mass is 320 g/mol. The van der Waals surface area contributed by atoms with Crippen LogP contribution in [0.15, 0.2) is 18.2 Å². The van der Waals surface area contributed by atoms with Crippen LogP contribution in [0.2, 0.25) is 0 Å². The Balaban J connectivity index is 1.81. The van der Waals surface area contributed by atoms with Crippen molar-refractivity contribution >= 4 is 5.91 Å². The third-order valence-corrected chi connectivity index (χ3v) is 4.47. The number of hydrogen-bond acceptors (Lipinski definition) is 4. The van der Waals surface area contributed by atoms with Gasteiger partial charge < -0.3 is 19.7 Å². The molecular formula is C18H28N2O3. The Hall–Kier alpha value is -1.75. The molecule has 5 nitrogen and oxygen atoms in total. The van der Waals surface area contributed by atoms with Gasteiger partial charge in [0.15, 0.2) is 0 Å². The second-order valence-electron chi connectivity index (χ2n) is 6.17. The van der Waals surface area contributed by atoms with E-state index >= 15 is 0 Å². The molecule has 128 valence electrons. The summed E-state index contributed by atoms with van der Waals surface area (Å²) in [6.07, 6.45) is 3.52. The summed E-state index contributed by atoms with van der Waals surface area (Å²) >= 11 is 0. The molecule has 1 aromatic rings. The molecule has 0 unspecified atom stereocenters. The van der Waals surface area contributed by atoms with Gasteiger partial charge in [-0.15, -0.1) is 0 Å². The van der Waals surface area contributed by atoms with Crippen molar-refractivity contribution in [2.24, 2.45) is 5.92 Å². The summed E-state index contributed by atoms with van der Waals surface area (Å²) < 4.78 is 10.5. The van der Waals surface area contributed by atoms with Gasteiger partial charge in [-0.3, -0.25) is 4.79 Å². The van der Waals surface area contributed by atoms with Crippen LogP contribution in [-0.2, 0) is 0 Å². The van der Waals surface area contributed by atoms with E-state index in [2.05, 4.69) is 17.1 Å². The Bertz CT molecular complexity index is 489. The van der Waals surface area contributed by atoms with Gasteiger partial charge in [0.1, 0.15) is 17.1 Å². The summed E-state index contributed by atoms with van der Waals surface area (Å²) in [5.74, 6) is 1.77. The number of likely N-dealkylation sites (tertiary alicyclic amines) is 1. The number of carbonyl (C=O) groups is 1. The van der Waals surface area contributed by atoms with E-state index in [0.717, 1.165) is 18.9 Å². The minimum Gasteiger partial charge on any atom is -0.496 e. The van der Waals surface area contributed by atoms with E-state index in [9.17, 15) is 4.79 Å². The molecule has 0 spiro atoms. The molecule has 0 radical (unpaired) electrons. The molecule has 0 bridgehead atoms. The number of amides is 1. The van der Waals surface area contributed by atoms with Gasteiger partial charge in [0.2, 0.25) is 0 Å². The largest absolute Gasteiger partial charge is 0.496 e. The molecule has 1 fully saturated rings. The van der Waals surface area contributed by atoms with Gasteiger partial charge in [0, 0.05) is 6.54 Å². The number of methoxy groups -OCH3 is 2. The predicted octanol–water partition coefficient (Wildman–Crippen LogP) is 2.56. The van der Waals surface area contributed by atoms with Crippen LogP contribution in [0.4, 0.5) is 0 Å². The normalized spacial score (nSPS) is 16.1. The third-order valence-electron chi connectivity index (χ3n) is 4.47. The molecule has 1 amide bonds. The molecule has 0 atom stereocenters. The lowest BCUT2D eigenvalue weighted by Gasteiger charge is -2.30. The Morgan fingerprint density at radius 2 is 1.83 bits per heavy atom. The van der Waals surface area contributed by atoms with E-state index in [-0.39, 0.29) is 5.91 Å². The first-order valence-corrected chi connectivity index (χ1v) is 8.37.